The monoisotopic (exact) mass is 449 g/mol. The van der Waals surface area contributed by atoms with Crippen LogP contribution in [0.3, 0.4) is 0 Å². The number of nitrogens with zero attached hydrogens (tertiary/aromatic N) is 2. The van der Waals surface area contributed by atoms with Gasteiger partial charge in [-0.25, -0.2) is 18.2 Å². The number of aliphatic imine (C=N–C) groups is 1. The Morgan fingerprint density at radius 3 is 2.30 bits per heavy atom. The summed E-state index contributed by atoms with van der Waals surface area (Å²) in [5, 5.41) is 2.73. The fourth-order valence-electron chi connectivity index (χ4n) is 3.34. The van der Waals surface area contributed by atoms with E-state index in [2.05, 4.69) is 10.3 Å². The van der Waals surface area contributed by atoms with Crippen LogP contribution in [0.2, 0.25) is 0 Å². The molecule has 1 N–H and O–H groups in total. The van der Waals surface area contributed by atoms with E-state index in [1.54, 1.807) is 30.3 Å². The van der Waals surface area contributed by atoms with Crippen LogP contribution < -0.4 is 5.32 Å². The predicted octanol–water partition coefficient (Wildman–Crippen LogP) is 4.76. The minimum absolute atomic E-state index is 0.0369. The predicted molar refractivity (Wildman–Crippen MR) is 119 cm³/mol. The smallest absolute Gasteiger partial charge is 0.278 e. The third-order valence-corrected chi connectivity index (χ3v) is 5.06. The van der Waals surface area contributed by atoms with E-state index in [0.29, 0.717) is 17.3 Å². The summed E-state index contributed by atoms with van der Waals surface area (Å²) in [5.41, 5.74) is 0.766. The average Bonchev–Trinajstić information content (AvgIpc) is 3.12. The zero-order valence-electron chi connectivity index (χ0n) is 17.4. The number of carbonyl (C=O) groups is 2. The lowest BCUT2D eigenvalue weighted by molar-refractivity contribution is -0.129. The van der Waals surface area contributed by atoms with Gasteiger partial charge in [-0.1, -0.05) is 18.2 Å². The van der Waals surface area contributed by atoms with Gasteiger partial charge in [0.1, 0.15) is 35.0 Å². The first-order valence-electron chi connectivity index (χ1n) is 10.0. The maximum atomic E-state index is 14.2. The molecule has 1 aliphatic heterocycles. The Morgan fingerprint density at radius 2 is 1.64 bits per heavy atom. The lowest BCUT2D eigenvalue weighted by Gasteiger charge is -2.25. The number of anilines is 1. The number of halogens is 3. The van der Waals surface area contributed by atoms with Crippen LogP contribution >= 0.6 is 0 Å². The largest absolute Gasteiger partial charge is 0.324 e. The van der Waals surface area contributed by atoms with Crippen molar-refractivity contribution in [2.75, 3.05) is 5.32 Å². The minimum atomic E-state index is -0.995. The van der Waals surface area contributed by atoms with Crippen LogP contribution in [0, 0.1) is 17.5 Å². The Morgan fingerprint density at radius 1 is 0.970 bits per heavy atom. The van der Waals surface area contributed by atoms with Gasteiger partial charge in [0.2, 0.25) is 5.91 Å². The maximum Gasteiger partial charge on any atom is 0.278 e. The SMILES string of the molecule is CC(C(=O)Nc1ccccc1)N1C(=O)/C(=C/c2ccc(F)cc2F)N=C1c1ccc(F)cc1. The van der Waals surface area contributed by atoms with Gasteiger partial charge in [-0.3, -0.25) is 14.5 Å². The molecular formula is C25H18F3N3O2. The van der Waals surface area contributed by atoms with Crippen molar-refractivity contribution in [3.05, 3.63) is 107 Å². The van der Waals surface area contributed by atoms with Crippen LogP contribution in [-0.2, 0) is 9.59 Å². The van der Waals surface area contributed by atoms with Crippen molar-refractivity contribution in [2.24, 2.45) is 4.99 Å². The Bertz CT molecular complexity index is 1270. The molecule has 3 aromatic carbocycles. The van der Waals surface area contributed by atoms with Gasteiger partial charge in [0.25, 0.3) is 5.91 Å². The Kier molecular flexibility index (Phi) is 6.08. The summed E-state index contributed by atoms with van der Waals surface area (Å²) in [5.74, 6) is -3.09. The topological polar surface area (TPSA) is 61.8 Å². The van der Waals surface area contributed by atoms with E-state index in [9.17, 15) is 22.8 Å². The van der Waals surface area contributed by atoms with E-state index in [0.717, 1.165) is 6.07 Å². The summed E-state index contributed by atoms with van der Waals surface area (Å²) in [6, 6.07) is 15.9. The van der Waals surface area contributed by atoms with Crippen molar-refractivity contribution in [1.29, 1.82) is 0 Å². The van der Waals surface area contributed by atoms with Crippen molar-refractivity contribution in [3.8, 4) is 0 Å². The van der Waals surface area contributed by atoms with Crippen LogP contribution in [-0.4, -0.2) is 28.6 Å². The van der Waals surface area contributed by atoms with Gasteiger partial charge in [-0.2, -0.15) is 0 Å². The van der Waals surface area contributed by atoms with Crippen molar-refractivity contribution >= 4 is 29.4 Å². The van der Waals surface area contributed by atoms with Crippen LogP contribution in [0.25, 0.3) is 6.08 Å². The Labute approximate surface area is 187 Å². The number of hydrogen-bond acceptors (Lipinski definition) is 3. The zero-order chi connectivity index (χ0) is 23.5. The molecule has 8 heteroatoms. The number of benzene rings is 3. The molecule has 1 heterocycles. The summed E-state index contributed by atoms with van der Waals surface area (Å²) in [7, 11) is 0. The van der Waals surface area contributed by atoms with Gasteiger partial charge in [0.15, 0.2) is 0 Å². The van der Waals surface area contributed by atoms with Crippen LogP contribution in [0.1, 0.15) is 18.1 Å². The summed E-state index contributed by atoms with van der Waals surface area (Å²) in [6.07, 6.45) is 1.18. The summed E-state index contributed by atoms with van der Waals surface area (Å²) in [6.45, 7) is 1.52. The molecule has 2 amide bonds. The molecule has 166 valence electrons. The van der Waals surface area contributed by atoms with E-state index >= 15 is 0 Å². The molecule has 0 aliphatic carbocycles. The Hall–Kier alpha value is -4.20. The second kappa shape index (κ2) is 9.12. The third-order valence-electron chi connectivity index (χ3n) is 5.06. The maximum absolute atomic E-state index is 14.2. The molecule has 0 bridgehead atoms. The highest BCUT2D eigenvalue weighted by atomic mass is 19.1. The number of amidine groups is 1. The first kappa shape index (κ1) is 22.0. The lowest BCUT2D eigenvalue weighted by Crippen LogP contribution is -2.46. The van der Waals surface area contributed by atoms with Gasteiger partial charge >= 0.3 is 0 Å². The molecule has 0 saturated heterocycles. The van der Waals surface area contributed by atoms with E-state index in [1.165, 1.54) is 48.2 Å². The average molecular weight is 449 g/mol. The van der Waals surface area contributed by atoms with Crippen molar-refractivity contribution < 1.29 is 22.8 Å². The zero-order valence-corrected chi connectivity index (χ0v) is 17.4. The molecule has 4 rings (SSSR count). The van der Waals surface area contributed by atoms with Gasteiger partial charge in [0.05, 0.1) is 0 Å². The van der Waals surface area contributed by atoms with Crippen molar-refractivity contribution in [2.45, 2.75) is 13.0 Å². The summed E-state index contributed by atoms with van der Waals surface area (Å²) < 4.78 is 40.9. The molecule has 3 aromatic rings. The van der Waals surface area contributed by atoms with Gasteiger partial charge < -0.3 is 5.32 Å². The first-order valence-corrected chi connectivity index (χ1v) is 10.0. The van der Waals surface area contributed by atoms with Crippen molar-refractivity contribution in [3.63, 3.8) is 0 Å². The highest BCUT2D eigenvalue weighted by Crippen LogP contribution is 2.26. The fourth-order valence-corrected chi connectivity index (χ4v) is 3.34. The van der Waals surface area contributed by atoms with E-state index < -0.39 is 35.3 Å². The minimum Gasteiger partial charge on any atom is -0.324 e. The molecule has 0 aromatic heterocycles. The van der Waals surface area contributed by atoms with Crippen LogP contribution in [0.15, 0.2) is 83.5 Å². The summed E-state index contributed by atoms with van der Waals surface area (Å²) >= 11 is 0. The van der Waals surface area contributed by atoms with Crippen LogP contribution in [0.5, 0.6) is 0 Å². The quantitative estimate of drug-likeness (QED) is 0.571. The van der Waals surface area contributed by atoms with E-state index in [4.69, 9.17) is 0 Å². The lowest BCUT2D eigenvalue weighted by atomic mass is 10.1. The number of hydrogen-bond donors (Lipinski definition) is 1. The van der Waals surface area contributed by atoms with Gasteiger partial charge in [-0.15, -0.1) is 0 Å². The molecule has 1 aliphatic rings. The van der Waals surface area contributed by atoms with Gasteiger partial charge in [-0.05, 0) is 61.5 Å². The number of carbonyl (C=O) groups excluding carboxylic acids is 2. The first-order chi connectivity index (χ1) is 15.8. The summed E-state index contributed by atoms with van der Waals surface area (Å²) in [4.78, 5) is 31.6. The number of para-hydroxylation sites is 1. The molecule has 0 spiro atoms. The highest BCUT2D eigenvalue weighted by Gasteiger charge is 2.37. The molecule has 5 nitrogen and oxygen atoms in total. The molecule has 1 atom stereocenters. The molecule has 33 heavy (non-hydrogen) atoms. The molecule has 0 radical (unpaired) electrons. The van der Waals surface area contributed by atoms with Crippen molar-refractivity contribution in [1.82, 2.24) is 4.90 Å². The van der Waals surface area contributed by atoms with Crippen LogP contribution in [0.4, 0.5) is 18.9 Å². The standard InChI is InChI=1S/C25H18F3N3O2/c1-15(24(32)29-20-5-3-2-4-6-20)31-23(16-7-10-18(26)11-8-16)30-22(25(31)33)13-17-9-12-19(27)14-21(17)28/h2-15H,1H3,(H,29,32)/b22-13-. The second-order valence-corrected chi connectivity index (χ2v) is 7.34. The molecule has 1 unspecified atom stereocenters. The normalized spacial score (nSPS) is 15.5. The number of amides is 2. The third kappa shape index (κ3) is 4.69. The number of rotatable bonds is 5. The molecule has 0 fully saturated rings. The van der Waals surface area contributed by atoms with E-state index in [-0.39, 0.29) is 17.1 Å². The van der Waals surface area contributed by atoms with E-state index in [1.807, 2.05) is 0 Å². The second-order valence-electron chi connectivity index (χ2n) is 7.34. The van der Waals surface area contributed by atoms with Gasteiger partial charge in [0, 0.05) is 22.9 Å². The molecule has 0 saturated carbocycles. The molecular weight excluding hydrogens is 431 g/mol. The number of nitrogens with one attached hydrogen (secondary N) is 1. The Balaban J connectivity index is 1.71. The fraction of sp³-hybridized carbons (Fsp3) is 0.0800. The highest BCUT2D eigenvalue weighted by molar-refractivity contribution is 6.21.